The minimum Gasteiger partial charge on any atom is -0.485 e. The van der Waals surface area contributed by atoms with E-state index in [1.54, 1.807) is 6.20 Å². The van der Waals surface area contributed by atoms with Crippen molar-refractivity contribution in [2.75, 3.05) is 25.0 Å². The van der Waals surface area contributed by atoms with E-state index in [-0.39, 0.29) is 18.5 Å². The van der Waals surface area contributed by atoms with Crippen LogP contribution in [0.4, 0.5) is 10.9 Å². The van der Waals surface area contributed by atoms with E-state index in [0.29, 0.717) is 18.1 Å². The van der Waals surface area contributed by atoms with E-state index in [0.717, 1.165) is 41.1 Å². The summed E-state index contributed by atoms with van der Waals surface area (Å²) in [6.45, 7) is 4.04. The maximum absolute atomic E-state index is 10.6. The topological polar surface area (TPSA) is 67.4 Å². The van der Waals surface area contributed by atoms with Crippen molar-refractivity contribution in [3.05, 3.63) is 27.8 Å². The Morgan fingerprint density at radius 3 is 3.12 bits per heavy atom. The molecule has 1 atom stereocenters. The lowest BCUT2D eigenvalue weighted by Gasteiger charge is -2.17. The van der Waals surface area contributed by atoms with Gasteiger partial charge in [0.2, 0.25) is 0 Å². The van der Waals surface area contributed by atoms with Gasteiger partial charge in [-0.2, -0.15) is 0 Å². The van der Waals surface area contributed by atoms with Gasteiger partial charge in [-0.25, -0.2) is 9.97 Å². The Kier molecular flexibility index (Phi) is 6.97. The van der Waals surface area contributed by atoms with Crippen LogP contribution in [0.25, 0.3) is 0 Å². The Morgan fingerprint density at radius 1 is 1.58 bits per heavy atom. The summed E-state index contributed by atoms with van der Waals surface area (Å²) >= 11 is 4.96. The minimum absolute atomic E-state index is 0. The third-order valence-corrected chi connectivity index (χ3v) is 4.83. The summed E-state index contributed by atoms with van der Waals surface area (Å²) in [7, 11) is 0. The number of nitrogens with zero attached hydrogens (tertiary/aromatic N) is 3. The first-order valence-corrected chi connectivity index (χ1v) is 8.98. The van der Waals surface area contributed by atoms with E-state index < -0.39 is 0 Å². The molecule has 1 saturated heterocycles. The van der Waals surface area contributed by atoms with Crippen LogP contribution in [-0.4, -0.2) is 46.9 Å². The van der Waals surface area contributed by atoms with E-state index in [1.165, 1.54) is 11.3 Å². The van der Waals surface area contributed by atoms with Crippen LogP contribution in [0, 0.1) is 6.92 Å². The summed E-state index contributed by atoms with van der Waals surface area (Å²) in [5, 5.41) is 5.98. The second-order valence-electron chi connectivity index (χ2n) is 5.37. The van der Waals surface area contributed by atoms with Gasteiger partial charge in [-0.3, -0.25) is 4.90 Å². The number of pyridine rings is 1. The Balaban J connectivity index is 0.00000208. The highest BCUT2D eigenvalue weighted by molar-refractivity contribution is 9.10. The molecule has 1 unspecified atom stereocenters. The zero-order chi connectivity index (χ0) is 16.2. The number of hydrogen-bond acceptors (Lipinski definition) is 7. The van der Waals surface area contributed by atoms with Crippen molar-refractivity contribution in [3.8, 4) is 5.75 Å². The van der Waals surface area contributed by atoms with Gasteiger partial charge in [-0.05, 0) is 35.3 Å². The first-order valence-electron chi connectivity index (χ1n) is 7.31. The highest BCUT2D eigenvalue weighted by Gasteiger charge is 2.24. The quantitative estimate of drug-likeness (QED) is 0.704. The SMILES string of the molecule is Cc1csc(Nc2ncc(Br)cc2OC2CCN(CC=O)C2)n1.Cl. The molecule has 0 aromatic carbocycles. The summed E-state index contributed by atoms with van der Waals surface area (Å²) in [5.41, 5.74) is 0.970. The highest BCUT2D eigenvalue weighted by Crippen LogP contribution is 2.31. The Bertz CT molecular complexity index is 700. The molecule has 0 amide bonds. The lowest BCUT2D eigenvalue weighted by atomic mass is 10.3. The van der Waals surface area contributed by atoms with Crippen LogP contribution in [-0.2, 0) is 4.79 Å². The molecule has 1 fully saturated rings. The van der Waals surface area contributed by atoms with Gasteiger partial charge in [0, 0.05) is 29.1 Å². The zero-order valence-corrected chi connectivity index (χ0v) is 16.3. The normalized spacial score (nSPS) is 17.3. The van der Waals surface area contributed by atoms with Gasteiger partial charge in [0.25, 0.3) is 0 Å². The standard InChI is InChI=1S/C15H17BrN4O2S.ClH/c1-10-9-23-15(18-10)19-14-13(6-11(16)7-17-14)22-12-2-3-20(8-12)4-5-21;/h5-7,9,12H,2-4,8H2,1H3,(H,17,18,19);1H. The van der Waals surface area contributed by atoms with Crippen molar-refractivity contribution in [2.45, 2.75) is 19.4 Å². The number of rotatable bonds is 6. The lowest BCUT2D eigenvalue weighted by molar-refractivity contribution is -0.108. The summed E-state index contributed by atoms with van der Waals surface area (Å²) in [4.78, 5) is 21.5. The molecule has 2 aromatic heterocycles. The largest absolute Gasteiger partial charge is 0.485 e. The Morgan fingerprint density at radius 2 is 2.42 bits per heavy atom. The lowest BCUT2D eigenvalue weighted by Crippen LogP contribution is -2.26. The number of ether oxygens (including phenoxy) is 1. The van der Waals surface area contributed by atoms with Crippen LogP contribution >= 0.6 is 39.7 Å². The fraction of sp³-hybridized carbons (Fsp3) is 0.400. The fourth-order valence-electron chi connectivity index (χ4n) is 2.46. The first kappa shape index (κ1) is 19.1. The van der Waals surface area contributed by atoms with E-state index >= 15 is 0 Å². The van der Waals surface area contributed by atoms with Crippen LogP contribution in [0.1, 0.15) is 12.1 Å². The van der Waals surface area contributed by atoms with Crippen LogP contribution in [0.15, 0.2) is 22.1 Å². The molecule has 1 N–H and O–H groups in total. The number of hydrogen-bond donors (Lipinski definition) is 1. The van der Waals surface area contributed by atoms with Crippen LogP contribution < -0.4 is 10.1 Å². The molecule has 0 radical (unpaired) electrons. The number of carbonyl (C=O) groups excluding carboxylic acids is 1. The van der Waals surface area contributed by atoms with Gasteiger partial charge in [-0.1, -0.05) is 0 Å². The number of likely N-dealkylation sites (tertiary alicyclic amines) is 1. The minimum atomic E-state index is 0. The van der Waals surface area contributed by atoms with Crippen molar-refractivity contribution in [2.24, 2.45) is 0 Å². The van der Waals surface area contributed by atoms with Crippen molar-refractivity contribution in [3.63, 3.8) is 0 Å². The van der Waals surface area contributed by atoms with Gasteiger partial charge in [0.1, 0.15) is 12.4 Å². The smallest absolute Gasteiger partial charge is 0.188 e. The van der Waals surface area contributed by atoms with E-state index in [1.807, 2.05) is 18.4 Å². The number of halogens is 2. The molecular weight excluding hydrogens is 416 g/mol. The van der Waals surface area contributed by atoms with Gasteiger partial charge in [-0.15, -0.1) is 23.7 Å². The Labute approximate surface area is 159 Å². The number of nitrogens with one attached hydrogen (secondary N) is 1. The highest BCUT2D eigenvalue weighted by atomic mass is 79.9. The second kappa shape index (κ2) is 8.75. The molecule has 3 heterocycles. The average Bonchev–Trinajstić information content (AvgIpc) is 3.12. The Hall–Kier alpha value is -1.22. The maximum Gasteiger partial charge on any atom is 0.188 e. The number of carbonyl (C=O) groups is 1. The molecule has 0 bridgehead atoms. The van der Waals surface area contributed by atoms with E-state index in [4.69, 9.17) is 4.74 Å². The van der Waals surface area contributed by atoms with Crippen LogP contribution in [0.5, 0.6) is 5.75 Å². The predicted molar refractivity (Wildman–Crippen MR) is 101 cm³/mol. The summed E-state index contributed by atoms with van der Waals surface area (Å²) in [5.74, 6) is 1.33. The molecule has 1 aliphatic heterocycles. The molecule has 6 nitrogen and oxygen atoms in total. The number of aldehydes is 1. The van der Waals surface area contributed by atoms with Crippen molar-refractivity contribution < 1.29 is 9.53 Å². The molecule has 2 aromatic rings. The van der Waals surface area contributed by atoms with Gasteiger partial charge < -0.3 is 14.8 Å². The third-order valence-electron chi connectivity index (χ3n) is 3.52. The monoisotopic (exact) mass is 432 g/mol. The number of aromatic nitrogens is 2. The zero-order valence-electron chi connectivity index (χ0n) is 13.1. The summed E-state index contributed by atoms with van der Waals surface area (Å²) in [6.07, 6.45) is 3.62. The molecule has 0 spiro atoms. The molecule has 0 saturated carbocycles. The average molecular weight is 434 g/mol. The fourth-order valence-corrected chi connectivity index (χ4v) is 3.46. The molecule has 130 valence electrons. The summed E-state index contributed by atoms with van der Waals surface area (Å²) < 4.78 is 6.96. The van der Waals surface area contributed by atoms with E-state index in [2.05, 4.69) is 36.1 Å². The number of anilines is 2. The van der Waals surface area contributed by atoms with Crippen molar-refractivity contribution in [1.82, 2.24) is 14.9 Å². The van der Waals surface area contributed by atoms with Crippen molar-refractivity contribution >= 4 is 56.9 Å². The van der Waals surface area contributed by atoms with Crippen LogP contribution in [0.3, 0.4) is 0 Å². The number of thiazole rings is 1. The number of aryl methyl sites for hydroxylation is 1. The maximum atomic E-state index is 10.6. The second-order valence-corrected chi connectivity index (χ2v) is 7.15. The molecule has 1 aliphatic rings. The third kappa shape index (κ3) is 4.89. The first-order chi connectivity index (χ1) is 11.1. The molecule has 9 heteroatoms. The molecule has 3 rings (SSSR count). The van der Waals surface area contributed by atoms with E-state index in [9.17, 15) is 4.79 Å². The molecule has 0 aliphatic carbocycles. The molecule has 24 heavy (non-hydrogen) atoms. The van der Waals surface area contributed by atoms with Gasteiger partial charge >= 0.3 is 0 Å². The van der Waals surface area contributed by atoms with Gasteiger partial charge in [0.15, 0.2) is 16.7 Å². The van der Waals surface area contributed by atoms with Crippen LogP contribution in [0.2, 0.25) is 0 Å². The summed E-state index contributed by atoms with van der Waals surface area (Å²) in [6, 6.07) is 1.90. The van der Waals surface area contributed by atoms with Crippen molar-refractivity contribution in [1.29, 1.82) is 0 Å². The van der Waals surface area contributed by atoms with Gasteiger partial charge in [0.05, 0.1) is 12.2 Å². The molecular formula is C15H18BrClN4O2S. The predicted octanol–water partition coefficient (Wildman–Crippen LogP) is 3.43.